The van der Waals surface area contributed by atoms with Crippen LogP contribution < -0.4 is 0 Å². The van der Waals surface area contributed by atoms with Crippen molar-refractivity contribution in [3.05, 3.63) is 65.5 Å². The molecule has 1 atom stereocenters. The van der Waals surface area contributed by atoms with Gasteiger partial charge in [0.25, 0.3) is 0 Å². The number of carboxylic acid groups (broad SMARTS) is 1. The Balaban J connectivity index is 2.36. The normalized spacial score (nSPS) is 11.8. The molecule has 0 radical (unpaired) electrons. The van der Waals surface area contributed by atoms with Crippen LogP contribution in [0.2, 0.25) is 0 Å². The molecular formula is C16H15NO3. The van der Waals surface area contributed by atoms with E-state index in [0.29, 0.717) is 11.1 Å². The van der Waals surface area contributed by atoms with Crippen molar-refractivity contribution in [2.75, 3.05) is 0 Å². The van der Waals surface area contributed by atoms with Gasteiger partial charge in [0.15, 0.2) is 5.78 Å². The van der Waals surface area contributed by atoms with Gasteiger partial charge in [0.05, 0.1) is 12.3 Å². The van der Waals surface area contributed by atoms with E-state index < -0.39 is 11.9 Å². The zero-order valence-electron chi connectivity index (χ0n) is 11.1. The van der Waals surface area contributed by atoms with Gasteiger partial charge in [0.2, 0.25) is 0 Å². The van der Waals surface area contributed by atoms with Crippen LogP contribution in [0.15, 0.2) is 48.8 Å². The van der Waals surface area contributed by atoms with Crippen LogP contribution in [-0.4, -0.2) is 21.8 Å². The number of aromatic nitrogens is 1. The van der Waals surface area contributed by atoms with E-state index in [-0.39, 0.29) is 12.2 Å². The van der Waals surface area contributed by atoms with E-state index in [1.54, 1.807) is 42.7 Å². The number of benzene rings is 1. The lowest BCUT2D eigenvalue weighted by molar-refractivity contribution is -0.137. The van der Waals surface area contributed by atoms with Gasteiger partial charge in [-0.2, -0.15) is 0 Å². The summed E-state index contributed by atoms with van der Waals surface area (Å²) in [6, 6.07) is 10.6. The number of nitrogens with zero attached hydrogens (tertiary/aromatic N) is 1. The summed E-state index contributed by atoms with van der Waals surface area (Å²) in [6.07, 6.45) is 2.90. The van der Waals surface area contributed by atoms with Crippen molar-refractivity contribution in [2.24, 2.45) is 0 Å². The summed E-state index contributed by atoms with van der Waals surface area (Å²) in [4.78, 5) is 27.5. The van der Waals surface area contributed by atoms with Gasteiger partial charge in [-0.15, -0.1) is 0 Å². The van der Waals surface area contributed by atoms with E-state index in [4.69, 9.17) is 5.11 Å². The average Bonchev–Trinajstić information content (AvgIpc) is 2.45. The maximum atomic E-state index is 12.5. The van der Waals surface area contributed by atoms with Gasteiger partial charge < -0.3 is 5.11 Å². The molecule has 2 aromatic rings. The van der Waals surface area contributed by atoms with Gasteiger partial charge in [0.1, 0.15) is 0 Å². The second-order valence-corrected chi connectivity index (χ2v) is 4.67. The summed E-state index contributed by atoms with van der Waals surface area (Å²) < 4.78 is 0. The van der Waals surface area contributed by atoms with Crippen LogP contribution in [0.4, 0.5) is 0 Å². The zero-order chi connectivity index (χ0) is 14.5. The molecule has 0 saturated carbocycles. The van der Waals surface area contributed by atoms with Crippen molar-refractivity contribution in [3.63, 3.8) is 0 Å². The Hall–Kier alpha value is -2.49. The van der Waals surface area contributed by atoms with E-state index in [0.717, 1.165) is 5.56 Å². The average molecular weight is 269 g/mol. The van der Waals surface area contributed by atoms with Crippen LogP contribution >= 0.6 is 0 Å². The molecule has 1 heterocycles. The monoisotopic (exact) mass is 269 g/mol. The predicted molar refractivity (Wildman–Crippen MR) is 74.7 cm³/mol. The minimum Gasteiger partial charge on any atom is -0.481 e. The molecule has 1 unspecified atom stereocenters. The first-order valence-electron chi connectivity index (χ1n) is 6.30. The number of aliphatic carboxylic acids is 1. The number of rotatable bonds is 5. The van der Waals surface area contributed by atoms with Crippen molar-refractivity contribution in [1.82, 2.24) is 4.98 Å². The van der Waals surface area contributed by atoms with Gasteiger partial charge in [-0.05, 0) is 24.6 Å². The minimum atomic E-state index is -1.00. The van der Waals surface area contributed by atoms with Crippen LogP contribution in [0, 0.1) is 6.92 Å². The van der Waals surface area contributed by atoms with Crippen LogP contribution in [0.3, 0.4) is 0 Å². The lowest BCUT2D eigenvalue weighted by atomic mass is 9.88. The molecule has 20 heavy (non-hydrogen) atoms. The molecule has 1 N–H and O–H groups in total. The maximum Gasteiger partial charge on any atom is 0.304 e. The molecule has 1 aromatic heterocycles. The minimum absolute atomic E-state index is 0.191. The smallest absolute Gasteiger partial charge is 0.304 e. The molecule has 1 aromatic carbocycles. The molecule has 0 fully saturated rings. The van der Waals surface area contributed by atoms with E-state index in [9.17, 15) is 9.59 Å². The number of hydrogen-bond acceptors (Lipinski definition) is 3. The third kappa shape index (κ3) is 3.29. The second kappa shape index (κ2) is 6.10. The largest absolute Gasteiger partial charge is 0.481 e. The van der Waals surface area contributed by atoms with Crippen LogP contribution in [0.25, 0.3) is 0 Å². The molecule has 0 aliphatic rings. The number of aryl methyl sites for hydroxylation is 1. The Kier molecular flexibility index (Phi) is 4.25. The highest BCUT2D eigenvalue weighted by Crippen LogP contribution is 2.24. The number of carboxylic acids is 1. The highest BCUT2D eigenvalue weighted by atomic mass is 16.4. The van der Waals surface area contributed by atoms with Gasteiger partial charge in [-0.25, -0.2) is 0 Å². The number of carbonyl (C=O) groups excluding carboxylic acids is 1. The summed E-state index contributed by atoms with van der Waals surface area (Å²) in [5, 5.41) is 9.02. The molecule has 0 aliphatic carbocycles. The zero-order valence-corrected chi connectivity index (χ0v) is 11.1. The number of Topliss-reactive ketones (excluding diaryl/α,β-unsaturated/α-hetero) is 1. The maximum absolute atomic E-state index is 12.5. The summed E-state index contributed by atoms with van der Waals surface area (Å²) in [5.74, 6) is -1.90. The van der Waals surface area contributed by atoms with E-state index >= 15 is 0 Å². The number of ketones is 1. The summed E-state index contributed by atoms with van der Waals surface area (Å²) >= 11 is 0. The fourth-order valence-corrected chi connectivity index (χ4v) is 2.12. The SMILES string of the molecule is Cc1cccc(C(=O)C(CC(=O)O)c2cccnc2)c1. The summed E-state index contributed by atoms with van der Waals surface area (Å²) in [6.45, 7) is 1.90. The van der Waals surface area contributed by atoms with E-state index in [1.165, 1.54) is 0 Å². The molecule has 4 nitrogen and oxygen atoms in total. The summed E-state index contributed by atoms with van der Waals surface area (Å²) in [5.41, 5.74) is 2.12. The van der Waals surface area contributed by atoms with Crippen molar-refractivity contribution in [2.45, 2.75) is 19.3 Å². The highest BCUT2D eigenvalue weighted by Gasteiger charge is 2.25. The van der Waals surface area contributed by atoms with Crippen molar-refractivity contribution >= 4 is 11.8 Å². The number of carbonyl (C=O) groups is 2. The fourth-order valence-electron chi connectivity index (χ4n) is 2.12. The summed E-state index contributed by atoms with van der Waals surface area (Å²) in [7, 11) is 0. The Morgan fingerprint density at radius 1 is 1.25 bits per heavy atom. The van der Waals surface area contributed by atoms with Gasteiger partial charge in [-0.1, -0.05) is 29.8 Å². The first-order valence-corrected chi connectivity index (χ1v) is 6.30. The van der Waals surface area contributed by atoms with Crippen LogP contribution in [0.1, 0.15) is 33.8 Å². The topological polar surface area (TPSA) is 67.3 Å². The molecular weight excluding hydrogens is 254 g/mol. The number of hydrogen-bond donors (Lipinski definition) is 1. The van der Waals surface area contributed by atoms with Gasteiger partial charge in [0, 0.05) is 18.0 Å². The highest BCUT2D eigenvalue weighted by molar-refractivity contribution is 6.02. The lowest BCUT2D eigenvalue weighted by Gasteiger charge is -2.14. The van der Waals surface area contributed by atoms with Crippen molar-refractivity contribution < 1.29 is 14.7 Å². The van der Waals surface area contributed by atoms with Crippen LogP contribution in [0.5, 0.6) is 0 Å². The molecule has 0 amide bonds. The first-order chi connectivity index (χ1) is 9.58. The predicted octanol–water partition coefficient (Wildman–Crippen LogP) is 2.83. The van der Waals surface area contributed by atoms with Gasteiger partial charge >= 0.3 is 5.97 Å². The van der Waals surface area contributed by atoms with Crippen molar-refractivity contribution in [1.29, 1.82) is 0 Å². The Morgan fingerprint density at radius 2 is 2.05 bits per heavy atom. The third-order valence-electron chi connectivity index (χ3n) is 3.08. The quantitative estimate of drug-likeness (QED) is 0.847. The first kappa shape index (κ1) is 13.9. The van der Waals surface area contributed by atoms with Gasteiger partial charge in [-0.3, -0.25) is 14.6 Å². The fraction of sp³-hybridized carbons (Fsp3) is 0.188. The molecule has 2 rings (SSSR count). The van der Waals surface area contributed by atoms with E-state index in [1.807, 2.05) is 13.0 Å². The lowest BCUT2D eigenvalue weighted by Crippen LogP contribution is -2.17. The molecule has 102 valence electrons. The third-order valence-corrected chi connectivity index (χ3v) is 3.08. The molecule has 0 aliphatic heterocycles. The second-order valence-electron chi connectivity index (χ2n) is 4.67. The standard InChI is InChI=1S/C16H15NO3/c1-11-4-2-5-12(8-11)16(20)14(9-15(18)19)13-6-3-7-17-10-13/h2-8,10,14H,9H2,1H3,(H,18,19). The van der Waals surface area contributed by atoms with Crippen LogP contribution in [-0.2, 0) is 4.79 Å². The Bertz CT molecular complexity index is 623. The molecule has 0 spiro atoms. The Labute approximate surface area is 117 Å². The van der Waals surface area contributed by atoms with Crippen molar-refractivity contribution in [3.8, 4) is 0 Å². The molecule has 0 saturated heterocycles. The number of pyridine rings is 1. The molecule has 4 heteroatoms. The van der Waals surface area contributed by atoms with E-state index in [2.05, 4.69) is 4.98 Å². The molecule has 0 bridgehead atoms. The Morgan fingerprint density at radius 3 is 2.65 bits per heavy atom.